The van der Waals surface area contributed by atoms with Crippen LogP contribution < -0.4 is 27.6 Å². The number of carbonyl (C=O) groups excluding carboxylic acids is 2. The fourth-order valence-corrected chi connectivity index (χ4v) is 1.92. The Morgan fingerprint density at radius 3 is 2.52 bits per heavy atom. The van der Waals surface area contributed by atoms with E-state index < -0.39 is 55.0 Å². The number of nitrogens with one attached hydrogen (secondary N) is 3. The number of carboxylic acid groups (broad SMARTS) is 1. The van der Waals surface area contributed by atoms with E-state index in [0.29, 0.717) is 0 Å². The summed E-state index contributed by atoms with van der Waals surface area (Å²) in [6, 6.07) is -4.42. The second-order valence-electron chi connectivity index (χ2n) is 5.37. The molecule has 13 heteroatoms. The Labute approximate surface area is 142 Å². The molecule has 1 rings (SSSR count). The Balaban J connectivity index is 2.80. The summed E-state index contributed by atoms with van der Waals surface area (Å²) in [6.45, 7) is 0.780. The van der Waals surface area contributed by atoms with Gasteiger partial charge in [-0.05, 0) is 6.92 Å². The molecule has 10 N–H and O–H groups in total. The van der Waals surface area contributed by atoms with Gasteiger partial charge >= 0.3 is 12.0 Å². The summed E-state index contributed by atoms with van der Waals surface area (Å²) in [4.78, 5) is 43.2. The molecule has 0 aromatic carbocycles. The lowest BCUT2D eigenvalue weighted by Crippen LogP contribution is -2.55. The van der Waals surface area contributed by atoms with Gasteiger partial charge in [0.2, 0.25) is 5.91 Å². The molecule has 1 aliphatic heterocycles. The van der Waals surface area contributed by atoms with Gasteiger partial charge in [-0.3, -0.25) is 4.79 Å². The van der Waals surface area contributed by atoms with E-state index in [-0.39, 0.29) is 12.3 Å². The van der Waals surface area contributed by atoms with Gasteiger partial charge in [0.05, 0.1) is 31.2 Å². The maximum atomic E-state index is 11.9. The third-order valence-corrected chi connectivity index (χ3v) is 3.22. The standard InChI is InChI=1S/C12H22N6O7/c1-4(20)8(11(22)23)16-12(24)15-6(2-7(14)21)10-17-9(18-25-10)5(13)3-19/h4-6,8,10,19-20H,2-3,13H2,1H3,(H2,14,21)(H,17,18)(H,22,23)(H2,15,16,24)/t4?,5-,6-,8-,10?/m0/s1. The topological polar surface area (TPSA) is 222 Å². The molecule has 5 atom stereocenters. The van der Waals surface area contributed by atoms with Gasteiger partial charge in [0, 0.05) is 0 Å². The predicted octanol–water partition coefficient (Wildman–Crippen LogP) is -4.06. The number of nitrogens with zero attached hydrogens (tertiary/aromatic N) is 1. The van der Waals surface area contributed by atoms with Crippen molar-refractivity contribution in [3.63, 3.8) is 0 Å². The number of hydroxylamine groups is 1. The number of amides is 3. The molecule has 1 aliphatic rings. The van der Waals surface area contributed by atoms with Crippen LogP contribution in [0.15, 0.2) is 4.99 Å². The number of aliphatic hydroxyl groups is 2. The predicted molar refractivity (Wildman–Crippen MR) is 82.9 cm³/mol. The number of aliphatic imine (C=N–C) groups is 1. The third kappa shape index (κ3) is 6.15. The number of nitrogens with two attached hydrogens (primary N) is 2. The second-order valence-corrected chi connectivity index (χ2v) is 5.37. The zero-order valence-corrected chi connectivity index (χ0v) is 13.4. The van der Waals surface area contributed by atoms with Crippen LogP contribution >= 0.6 is 0 Å². The number of amidine groups is 1. The average molecular weight is 362 g/mol. The van der Waals surface area contributed by atoms with Crippen molar-refractivity contribution >= 4 is 23.7 Å². The summed E-state index contributed by atoms with van der Waals surface area (Å²) in [5.74, 6) is -2.10. The van der Waals surface area contributed by atoms with Gasteiger partial charge in [0.15, 0.2) is 12.3 Å². The first-order chi connectivity index (χ1) is 11.6. The van der Waals surface area contributed by atoms with Gasteiger partial charge in [0.1, 0.15) is 5.84 Å². The van der Waals surface area contributed by atoms with Crippen molar-refractivity contribution in [2.45, 2.75) is 43.8 Å². The zero-order chi connectivity index (χ0) is 19.1. The molecular formula is C12H22N6O7. The molecule has 0 aromatic heterocycles. The van der Waals surface area contributed by atoms with Gasteiger partial charge in [-0.25, -0.2) is 24.9 Å². The van der Waals surface area contributed by atoms with E-state index in [1.54, 1.807) is 0 Å². The van der Waals surface area contributed by atoms with Crippen LogP contribution in [0.1, 0.15) is 13.3 Å². The van der Waals surface area contributed by atoms with Crippen molar-refractivity contribution in [3.8, 4) is 0 Å². The maximum absolute atomic E-state index is 11.9. The highest BCUT2D eigenvalue weighted by atomic mass is 16.7. The molecule has 0 radical (unpaired) electrons. The lowest BCUT2D eigenvalue weighted by Gasteiger charge is -2.23. The van der Waals surface area contributed by atoms with Crippen LogP contribution in [-0.4, -0.2) is 76.1 Å². The van der Waals surface area contributed by atoms with Crippen molar-refractivity contribution in [1.29, 1.82) is 0 Å². The number of carbonyl (C=O) groups is 3. The van der Waals surface area contributed by atoms with E-state index in [9.17, 15) is 19.5 Å². The van der Waals surface area contributed by atoms with Crippen LogP contribution in [0, 0.1) is 0 Å². The van der Waals surface area contributed by atoms with Gasteiger partial charge in [0.25, 0.3) is 0 Å². The first-order valence-corrected chi connectivity index (χ1v) is 7.27. The monoisotopic (exact) mass is 362 g/mol. The van der Waals surface area contributed by atoms with Gasteiger partial charge < -0.3 is 37.4 Å². The minimum absolute atomic E-state index is 0.108. The largest absolute Gasteiger partial charge is 0.480 e. The molecule has 0 saturated carbocycles. The van der Waals surface area contributed by atoms with E-state index in [1.807, 2.05) is 5.32 Å². The summed E-state index contributed by atoms with van der Waals surface area (Å²) < 4.78 is 0. The average Bonchev–Trinajstić information content (AvgIpc) is 3.00. The normalized spacial score (nSPS) is 21.3. The number of primary amides is 1. The van der Waals surface area contributed by atoms with Crippen LogP contribution in [0.2, 0.25) is 0 Å². The minimum atomic E-state index is -1.56. The van der Waals surface area contributed by atoms with E-state index in [0.717, 1.165) is 0 Å². The number of rotatable bonds is 9. The van der Waals surface area contributed by atoms with Crippen LogP contribution in [0.4, 0.5) is 4.79 Å². The molecule has 13 nitrogen and oxygen atoms in total. The molecule has 142 valence electrons. The summed E-state index contributed by atoms with van der Waals surface area (Å²) in [6.07, 6.45) is -2.80. The molecule has 1 heterocycles. The maximum Gasteiger partial charge on any atom is 0.328 e. The Morgan fingerprint density at radius 2 is 2.04 bits per heavy atom. The molecule has 0 aromatic rings. The number of hydrogen-bond donors (Lipinski definition) is 8. The Bertz CT molecular complexity index is 540. The second kappa shape index (κ2) is 9.12. The Hall–Kier alpha value is -2.48. The highest BCUT2D eigenvalue weighted by Gasteiger charge is 2.33. The van der Waals surface area contributed by atoms with E-state index in [2.05, 4.69) is 15.8 Å². The lowest BCUT2D eigenvalue weighted by molar-refractivity contribution is -0.141. The quantitative estimate of drug-likeness (QED) is 0.199. The first-order valence-electron chi connectivity index (χ1n) is 7.27. The smallest absolute Gasteiger partial charge is 0.328 e. The summed E-state index contributed by atoms with van der Waals surface area (Å²) in [5.41, 5.74) is 13.1. The Morgan fingerprint density at radius 1 is 1.40 bits per heavy atom. The molecule has 0 fully saturated rings. The fraction of sp³-hybridized carbons (Fsp3) is 0.667. The van der Waals surface area contributed by atoms with Crippen molar-refractivity contribution in [1.82, 2.24) is 16.1 Å². The van der Waals surface area contributed by atoms with Crippen LogP contribution in [0.5, 0.6) is 0 Å². The number of urea groups is 1. The molecule has 0 aliphatic carbocycles. The van der Waals surface area contributed by atoms with Gasteiger partial charge in [-0.15, -0.1) is 0 Å². The molecule has 2 unspecified atom stereocenters. The highest BCUT2D eigenvalue weighted by Crippen LogP contribution is 2.10. The van der Waals surface area contributed by atoms with Crippen molar-refractivity contribution < 1.29 is 34.5 Å². The molecule has 0 spiro atoms. The number of carboxylic acids is 1. The SMILES string of the molecule is CC(O)[C@H](NC(=O)N[C@@H](CC(N)=O)C1N=C([C@@H](N)CO)NO1)C(=O)O. The Kier molecular flexibility index (Phi) is 7.50. The van der Waals surface area contributed by atoms with Gasteiger partial charge in [-0.1, -0.05) is 0 Å². The fourth-order valence-electron chi connectivity index (χ4n) is 1.92. The number of aliphatic carboxylic acids is 1. The molecule has 3 amide bonds. The molecular weight excluding hydrogens is 340 g/mol. The van der Waals surface area contributed by atoms with Crippen LogP contribution in [0.25, 0.3) is 0 Å². The first kappa shape index (κ1) is 20.6. The van der Waals surface area contributed by atoms with E-state index >= 15 is 0 Å². The van der Waals surface area contributed by atoms with Crippen molar-refractivity contribution in [3.05, 3.63) is 0 Å². The molecule has 25 heavy (non-hydrogen) atoms. The van der Waals surface area contributed by atoms with Crippen molar-refractivity contribution in [2.75, 3.05) is 6.61 Å². The van der Waals surface area contributed by atoms with Crippen LogP contribution in [0.3, 0.4) is 0 Å². The summed E-state index contributed by atoms with van der Waals surface area (Å²) in [5, 5.41) is 31.6. The summed E-state index contributed by atoms with van der Waals surface area (Å²) in [7, 11) is 0. The van der Waals surface area contributed by atoms with Crippen LogP contribution in [-0.2, 0) is 14.4 Å². The summed E-state index contributed by atoms with van der Waals surface area (Å²) >= 11 is 0. The molecule has 0 bridgehead atoms. The van der Waals surface area contributed by atoms with E-state index in [1.165, 1.54) is 6.92 Å². The van der Waals surface area contributed by atoms with Gasteiger partial charge in [-0.2, -0.15) is 0 Å². The molecule has 0 saturated heterocycles. The number of aliphatic hydroxyl groups excluding tert-OH is 2. The lowest BCUT2D eigenvalue weighted by atomic mass is 10.1. The highest BCUT2D eigenvalue weighted by molar-refractivity contribution is 5.88. The van der Waals surface area contributed by atoms with E-state index in [4.69, 9.17) is 26.5 Å². The third-order valence-electron chi connectivity index (χ3n) is 3.22. The number of hydrogen-bond acceptors (Lipinski definition) is 9. The minimum Gasteiger partial charge on any atom is -0.480 e. The zero-order valence-electron chi connectivity index (χ0n) is 13.4. The van der Waals surface area contributed by atoms with Crippen molar-refractivity contribution in [2.24, 2.45) is 16.5 Å².